The molecular weight excluding hydrogens is 596 g/mol. The van der Waals surface area contributed by atoms with Crippen LogP contribution in [0.3, 0.4) is 0 Å². The van der Waals surface area contributed by atoms with Crippen LogP contribution >= 0.6 is 0 Å². The normalized spacial score (nSPS) is 22.8. The first kappa shape index (κ1) is 32.8. The molecular formula is C36H39B2NO8. The highest BCUT2D eigenvalue weighted by molar-refractivity contribution is 6.58. The van der Waals surface area contributed by atoms with Crippen LogP contribution < -0.4 is 15.1 Å². The zero-order valence-corrected chi connectivity index (χ0v) is 26.8. The number of carbonyl (C=O) groups is 2. The van der Waals surface area contributed by atoms with Crippen LogP contribution in [0, 0.1) is 31.6 Å². The summed E-state index contributed by atoms with van der Waals surface area (Å²) in [6, 6.07) is 19.4. The van der Waals surface area contributed by atoms with Crippen LogP contribution in [0.25, 0.3) is 6.08 Å². The van der Waals surface area contributed by atoms with Crippen LogP contribution in [0.2, 0.25) is 6.32 Å². The van der Waals surface area contributed by atoms with Crippen molar-refractivity contribution in [1.82, 2.24) is 0 Å². The van der Waals surface area contributed by atoms with Gasteiger partial charge in [0.25, 0.3) is 0 Å². The van der Waals surface area contributed by atoms with Gasteiger partial charge in [-0.25, -0.2) is 0 Å². The number of phenolic OH excluding ortho intramolecular Hbond substituents is 1. The summed E-state index contributed by atoms with van der Waals surface area (Å²) in [7, 11) is -2.86. The Labute approximate surface area is 275 Å². The molecule has 0 bridgehead atoms. The minimum Gasteiger partial charge on any atom is -0.507 e. The number of allylic oxidation sites excluding steroid dienone is 1. The summed E-state index contributed by atoms with van der Waals surface area (Å²) in [5.41, 5.74) is 5.96. The molecule has 4 atom stereocenters. The molecule has 47 heavy (non-hydrogen) atoms. The fourth-order valence-corrected chi connectivity index (χ4v) is 7.45. The largest absolute Gasteiger partial charge is 0.507 e. The maximum absolute atomic E-state index is 14.1. The highest BCUT2D eigenvalue weighted by atomic mass is 16.5. The Kier molecular flexibility index (Phi) is 9.43. The fraction of sp³-hybridized carbons (Fsp3) is 0.333. The van der Waals surface area contributed by atoms with E-state index < -0.39 is 38.1 Å². The summed E-state index contributed by atoms with van der Waals surface area (Å²) in [4.78, 5) is 29.2. The van der Waals surface area contributed by atoms with E-state index in [1.54, 1.807) is 12.1 Å². The number of anilines is 1. The van der Waals surface area contributed by atoms with Gasteiger partial charge in [-0.15, -0.1) is 0 Å². The van der Waals surface area contributed by atoms with Crippen LogP contribution in [0.1, 0.15) is 42.9 Å². The zero-order valence-electron chi connectivity index (χ0n) is 26.8. The predicted molar refractivity (Wildman–Crippen MR) is 181 cm³/mol. The first-order chi connectivity index (χ1) is 22.5. The Morgan fingerprint density at radius 3 is 2.45 bits per heavy atom. The van der Waals surface area contributed by atoms with Crippen LogP contribution in [0.4, 0.5) is 5.69 Å². The lowest BCUT2D eigenvalue weighted by atomic mass is 9.58. The highest BCUT2D eigenvalue weighted by Gasteiger charge is 2.57. The van der Waals surface area contributed by atoms with Crippen molar-refractivity contribution in [3.63, 3.8) is 0 Å². The van der Waals surface area contributed by atoms with Crippen molar-refractivity contribution in [3.05, 3.63) is 100 Å². The number of aryl methyl sites for hydroxylation is 2. The molecule has 242 valence electrons. The van der Waals surface area contributed by atoms with E-state index in [9.17, 15) is 29.8 Å². The van der Waals surface area contributed by atoms with Crippen molar-refractivity contribution in [1.29, 1.82) is 0 Å². The zero-order chi connectivity index (χ0) is 33.4. The van der Waals surface area contributed by atoms with Crippen molar-refractivity contribution in [2.24, 2.45) is 17.8 Å². The maximum atomic E-state index is 14.1. The molecule has 0 unspecified atom stereocenters. The lowest BCUT2D eigenvalue weighted by Gasteiger charge is -2.43. The molecule has 11 heteroatoms. The molecule has 6 rings (SSSR count). The molecule has 1 aliphatic carbocycles. The van der Waals surface area contributed by atoms with Crippen molar-refractivity contribution in [2.75, 3.05) is 11.5 Å². The number of hydrogen-bond acceptors (Lipinski definition) is 8. The van der Waals surface area contributed by atoms with Crippen molar-refractivity contribution >= 4 is 43.3 Å². The van der Waals surface area contributed by atoms with E-state index in [2.05, 4.69) is 6.08 Å². The van der Waals surface area contributed by atoms with Crippen molar-refractivity contribution < 1.29 is 39.2 Å². The molecule has 2 fully saturated rings. The van der Waals surface area contributed by atoms with Gasteiger partial charge in [0.05, 0.1) is 23.6 Å². The van der Waals surface area contributed by atoms with E-state index in [0.29, 0.717) is 30.8 Å². The number of hydrogen-bond donors (Lipinski definition) is 4. The van der Waals surface area contributed by atoms with Gasteiger partial charge in [-0.1, -0.05) is 42.0 Å². The number of phenols is 1. The van der Waals surface area contributed by atoms with E-state index in [1.165, 1.54) is 12.1 Å². The smallest absolute Gasteiger partial charge is 0.488 e. The lowest BCUT2D eigenvalue weighted by Crippen LogP contribution is -2.46. The monoisotopic (exact) mass is 635 g/mol. The summed E-state index contributed by atoms with van der Waals surface area (Å²) < 4.78 is 12.4. The van der Waals surface area contributed by atoms with E-state index in [0.717, 1.165) is 38.3 Å². The Morgan fingerprint density at radius 2 is 1.74 bits per heavy atom. The van der Waals surface area contributed by atoms with E-state index in [-0.39, 0.29) is 35.9 Å². The maximum Gasteiger partial charge on any atom is 0.488 e. The molecule has 3 aliphatic rings. The summed E-state index contributed by atoms with van der Waals surface area (Å²) >= 11 is 0. The topological polar surface area (TPSA) is 137 Å². The standard InChI is InChI=1S/C36H39B2NO8/c1-21(14-24-15-22(2)34(40)23(3)16-24)12-13-31-32-25(20-46-28-10-5-4-6-11-28)17-29-33(30(32)19-37(43)47-31)36(42)39(35(29)41)27-9-7-8-26(18-27)38(44)45/h4-11,14-16,18,29-31,33,40,43-45H,12-13,17,19-20H2,1-3H3/b21-14+/t29-,30+,31-,33-/m1/s1. The first-order valence-electron chi connectivity index (χ1n) is 16.1. The Morgan fingerprint density at radius 1 is 1.02 bits per heavy atom. The lowest BCUT2D eigenvalue weighted by molar-refractivity contribution is -0.122. The van der Waals surface area contributed by atoms with Gasteiger partial charge < -0.3 is 29.6 Å². The average molecular weight is 635 g/mol. The highest BCUT2D eigenvalue weighted by Crippen LogP contribution is 2.51. The predicted octanol–water partition coefficient (Wildman–Crippen LogP) is 3.95. The Hall–Kier alpha value is -4.15. The fourth-order valence-electron chi connectivity index (χ4n) is 7.45. The molecule has 2 amide bonds. The molecule has 2 aliphatic heterocycles. The third-order valence-corrected chi connectivity index (χ3v) is 9.62. The Balaban J connectivity index is 1.32. The van der Waals surface area contributed by atoms with Gasteiger partial charge >= 0.3 is 14.2 Å². The van der Waals surface area contributed by atoms with Gasteiger partial charge in [-0.3, -0.25) is 14.5 Å². The summed E-state index contributed by atoms with van der Waals surface area (Å²) in [6.07, 6.45) is 3.28. The summed E-state index contributed by atoms with van der Waals surface area (Å²) in [5, 5.41) is 40.6. The molecule has 0 radical (unpaired) electrons. The van der Waals surface area contributed by atoms with Crippen LogP contribution in [0.5, 0.6) is 11.5 Å². The number of amides is 2. The van der Waals surface area contributed by atoms with E-state index in [1.807, 2.05) is 63.2 Å². The summed E-state index contributed by atoms with van der Waals surface area (Å²) in [6.45, 7) is 5.99. The van der Waals surface area contributed by atoms with Gasteiger partial charge in [0.1, 0.15) is 18.1 Å². The van der Waals surface area contributed by atoms with Gasteiger partial charge in [0, 0.05) is 0 Å². The van der Waals surface area contributed by atoms with Gasteiger partial charge in [-0.05, 0) is 122 Å². The van der Waals surface area contributed by atoms with Gasteiger partial charge in [-0.2, -0.15) is 0 Å². The number of fused-ring (bicyclic) bond motifs is 3. The van der Waals surface area contributed by atoms with E-state index in [4.69, 9.17) is 9.39 Å². The number of nitrogens with zero attached hydrogens (tertiary/aromatic N) is 1. The molecule has 9 nitrogen and oxygen atoms in total. The SMILES string of the molecule is C/C(=C\c1cc(C)c(O)c(C)c1)CC[C@H]1OB(O)C[C@H]2C1=C(COc1ccccc1)C[C@H]1C(=O)N(c3cccc(B(O)O)c3)C(=O)[C@H]12. The second kappa shape index (κ2) is 13.5. The molecule has 2 heterocycles. The molecule has 0 aromatic heterocycles. The van der Waals surface area contributed by atoms with Crippen LogP contribution in [-0.2, 0) is 14.2 Å². The molecule has 3 aromatic rings. The molecule has 4 N–H and O–H groups in total. The number of para-hydroxylation sites is 1. The number of imide groups is 1. The molecule has 2 saturated heterocycles. The number of aromatic hydroxyl groups is 1. The average Bonchev–Trinajstić information content (AvgIpc) is 3.30. The quantitative estimate of drug-likeness (QED) is 0.158. The van der Waals surface area contributed by atoms with E-state index >= 15 is 0 Å². The first-order valence-corrected chi connectivity index (χ1v) is 16.1. The molecule has 3 aromatic carbocycles. The van der Waals surface area contributed by atoms with Crippen LogP contribution in [-0.4, -0.2) is 58.9 Å². The Bertz CT molecular complexity index is 1720. The molecule has 0 spiro atoms. The molecule has 0 saturated carbocycles. The van der Waals surface area contributed by atoms with Crippen molar-refractivity contribution in [2.45, 2.75) is 52.5 Å². The third-order valence-electron chi connectivity index (χ3n) is 9.62. The number of ether oxygens (including phenoxy) is 1. The number of benzene rings is 3. The number of rotatable bonds is 9. The third kappa shape index (κ3) is 6.67. The minimum absolute atomic E-state index is 0.172. The second-order valence-electron chi connectivity index (χ2n) is 12.9. The van der Waals surface area contributed by atoms with Gasteiger partial charge in [0.15, 0.2) is 0 Å². The van der Waals surface area contributed by atoms with Crippen LogP contribution in [0.15, 0.2) is 83.4 Å². The van der Waals surface area contributed by atoms with Crippen molar-refractivity contribution in [3.8, 4) is 11.5 Å². The number of carbonyl (C=O) groups excluding carboxylic acids is 2. The minimum atomic E-state index is -1.74. The summed E-state index contributed by atoms with van der Waals surface area (Å²) in [5.74, 6) is -1.52. The second-order valence-corrected chi connectivity index (χ2v) is 12.9. The van der Waals surface area contributed by atoms with Gasteiger partial charge in [0.2, 0.25) is 11.8 Å².